The average molecular weight is 368 g/mol. The Morgan fingerprint density at radius 1 is 1.00 bits per heavy atom. The lowest BCUT2D eigenvalue weighted by Gasteiger charge is -2.08. The minimum absolute atomic E-state index is 0.0982. The molecular formula is C20H14F2N2OS. The number of halogens is 2. The summed E-state index contributed by atoms with van der Waals surface area (Å²) in [7, 11) is 0. The largest absolute Gasteiger partial charge is 0.463 e. The van der Waals surface area contributed by atoms with Gasteiger partial charge in [0.05, 0.1) is 18.5 Å². The molecule has 0 bridgehead atoms. The summed E-state index contributed by atoms with van der Waals surface area (Å²) in [4.78, 5) is 5.01. The predicted molar refractivity (Wildman–Crippen MR) is 97.1 cm³/mol. The topological polar surface area (TPSA) is 30.4 Å². The molecule has 26 heavy (non-hydrogen) atoms. The standard InChI is InChI=1S/C20H14F2N2OS/c21-15-8-9-17(16(22)11-15)23-20-24(12-14-5-2-1-3-6-14)18(13-26-20)19-7-4-10-25-19/h1-11,13H,12H2. The van der Waals surface area contributed by atoms with Crippen LogP contribution in [0.4, 0.5) is 14.5 Å². The lowest BCUT2D eigenvalue weighted by atomic mass is 10.2. The number of hydrogen-bond donors (Lipinski definition) is 0. The second-order valence-electron chi connectivity index (χ2n) is 5.66. The highest BCUT2D eigenvalue weighted by Gasteiger charge is 2.12. The van der Waals surface area contributed by atoms with Gasteiger partial charge in [-0.1, -0.05) is 30.3 Å². The Morgan fingerprint density at radius 3 is 2.58 bits per heavy atom. The summed E-state index contributed by atoms with van der Waals surface area (Å²) in [6, 6.07) is 17.0. The third-order valence-corrected chi connectivity index (χ3v) is 4.74. The third-order valence-electron chi connectivity index (χ3n) is 3.88. The van der Waals surface area contributed by atoms with Crippen molar-refractivity contribution >= 4 is 17.0 Å². The number of furan rings is 1. The molecule has 2 aromatic heterocycles. The fraction of sp³-hybridized carbons (Fsp3) is 0.0500. The molecule has 0 saturated heterocycles. The lowest BCUT2D eigenvalue weighted by Crippen LogP contribution is -2.16. The van der Waals surface area contributed by atoms with E-state index in [2.05, 4.69) is 4.99 Å². The van der Waals surface area contributed by atoms with Gasteiger partial charge in [-0.3, -0.25) is 0 Å². The van der Waals surface area contributed by atoms with Crippen molar-refractivity contribution in [2.75, 3.05) is 0 Å². The molecule has 3 nitrogen and oxygen atoms in total. The molecule has 0 unspecified atom stereocenters. The van der Waals surface area contributed by atoms with Crippen molar-refractivity contribution in [1.29, 1.82) is 0 Å². The molecule has 0 spiro atoms. The van der Waals surface area contributed by atoms with E-state index in [9.17, 15) is 8.78 Å². The van der Waals surface area contributed by atoms with Crippen LogP contribution >= 0.6 is 11.3 Å². The van der Waals surface area contributed by atoms with Crippen LogP contribution in [0.1, 0.15) is 5.56 Å². The summed E-state index contributed by atoms with van der Waals surface area (Å²) >= 11 is 1.38. The molecule has 0 aliphatic heterocycles. The Morgan fingerprint density at radius 2 is 1.85 bits per heavy atom. The summed E-state index contributed by atoms with van der Waals surface area (Å²) in [5.41, 5.74) is 2.03. The Kier molecular flexibility index (Phi) is 4.50. The summed E-state index contributed by atoms with van der Waals surface area (Å²) in [6.07, 6.45) is 1.61. The van der Waals surface area contributed by atoms with E-state index >= 15 is 0 Å². The Hall–Kier alpha value is -2.99. The zero-order valence-corrected chi connectivity index (χ0v) is 14.4. The van der Waals surface area contributed by atoms with E-state index in [0.717, 1.165) is 17.3 Å². The molecule has 2 heterocycles. The number of aromatic nitrogens is 1. The second-order valence-corrected chi connectivity index (χ2v) is 6.50. The van der Waals surface area contributed by atoms with E-state index in [0.29, 0.717) is 17.1 Å². The number of thiazole rings is 1. The van der Waals surface area contributed by atoms with Crippen LogP contribution in [0.3, 0.4) is 0 Å². The number of benzene rings is 2. The molecule has 0 radical (unpaired) electrons. The Balaban J connectivity index is 1.85. The zero-order valence-electron chi connectivity index (χ0n) is 13.6. The van der Waals surface area contributed by atoms with E-state index in [-0.39, 0.29) is 5.69 Å². The van der Waals surface area contributed by atoms with Crippen LogP contribution in [0.15, 0.2) is 81.7 Å². The SMILES string of the molecule is Fc1ccc(N=c2scc(-c3ccco3)n2Cc2ccccc2)c(F)c1. The van der Waals surface area contributed by atoms with Gasteiger partial charge in [0.15, 0.2) is 16.4 Å². The normalized spacial score (nSPS) is 11.8. The van der Waals surface area contributed by atoms with Gasteiger partial charge in [0.1, 0.15) is 11.5 Å². The average Bonchev–Trinajstić information content (AvgIpc) is 3.29. The van der Waals surface area contributed by atoms with E-state index < -0.39 is 11.6 Å². The van der Waals surface area contributed by atoms with Crippen LogP contribution in [0, 0.1) is 11.6 Å². The molecule has 6 heteroatoms. The van der Waals surface area contributed by atoms with E-state index in [1.54, 1.807) is 6.26 Å². The van der Waals surface area contributed by atoms with Gasteiger partial charge >= 0.3 is 0 Å². The summed E-state index contributed by atoms with van der Waals surface area (Å²) < 4.78 is 34.6. The maximum Gasteiger partial charge on any atom is 0.190 e. The van der Waals surface area contributed by atoms with Gasteiger partial charge in [0.2, 0.25) is 0 Å². The van der Waals surface area contributed by atoms with E-state index in [4.69, 9.17) is 4.42 Å². The number of rotatable bonds is 4. The molecule has 0 atom stereocenters. The first-order chi connectivity index (χ1) is 12.7. The fourth-order valence-electron chi connectivity index (χ4n) is 2.63. The number of hydrogen-bond acceptors (Lipinski definition) is 3. The first kappa shape index (κ1) is 16.5. The van der Waals surface area contributed by atoms with Crippen LogP contribution in [0.5, 0.6) is 0 Å². The molecule has 0 aliphatic carbocycles. The van der Waals surface area contributed by atoms with Crippen molar-refractivity contribution in [3.05, 3.63) is 94.3 Å². The highest BCUT2D eigenvalue weighted by atomic mass is 32.1. The monoisotopic (exact) mass is 368 g/mol. The van der Waals surface area contributed by atoms with Gasteiger partial charge < -0.3 is 8.98 Å². The molecular weight excluding hydrogens is 354 g/mol. The third kappa shape index (κ3) is 3.36. The van der Waals surface area contributed by atoms with Gasteiger partial charge in [-0.05, 0) is 29.8 Å². The molecule has 130 valence electrons. The van der Waals surface area contributed by atoms with Gasteiger partial charge in [-0.25, -0.2) is 13.8 Å². The fourth-order valence-corrected chi connectivity index (χ4v) is 3.54. The first-order valence-electron chi connectivity index (χ1n) is 7.96. The van der Waals surface area contributed by atoms with Crippen molar-refractivity contribution in [3.8, 4) is 11.5 Å². The van der Waals surface area contributed by atoms with Crippen molar-refractivity contribution in [1.82, 2.24) is 4.57 Å². The van der Waals surface area contributed by atoms with E-state index in [1.165, 1.54) is 23.5 Å². The minimum Gasteiger partial charge on any atom is -0.463 e. The van der Waals surface area contributed by atoms with Crippen molar-refractivity contribution < 1.29 is 13.2 Å². The Labute approximate surface area is 152 Å². The first-order valence-corrected chi connectivity index (χ1v) is 8.84. The molecule has 4 rings (SSSR count). The molecule has 4 aromatic rings. The molecule has 0 aliphatic rings. The maximum atomic E-state index is 14.0. The smallest absolute Gasteiger partial charge is 0.190 e. The van der Waals surface area contributed by atoms with Crippen molar-refractivity contribution in [2.24, 2.45) is 4.99 Å². The van der Waals surface area contributed by atoms with Crippen molar-refractivity contribution in [2.45, 2.75) is 6.54 Å². The summed E-state index contributed by atoms with van der Waals surface area (Å²) in [6.45, 7) is 0.558. The predicted octanol–water partition coefficient (Wildman–Crippen LogP) is 5.37. The maximum absolute atomic E-state index is 14.0. The quantitative estimate of drug-likeness (QED) is 0.476. The second kappa shape index (κ2) is 7.09. The van der Waals surface area contributed by atoms with Gasteiger partial charge in [-0.2, -0.15) is 0 Å². The summed E-state index contributed by atoms with van der Waals surface area (Å²) in [5.74, 6) is -0.608. The van der Waals surface area contributed by atoms with Gasteiger partial charge in [0.25, 0.3) is 0 Å². The number of nitrogens with zero attached hydrogens (tertiary/aromatic N) is 2. The van der Waals surface area contributed by atoms with Crippen molar-refractivity contribution in [3.63, 3.8) is 0 Å². The molecule has 0 saturated carbocycles. The van der Waals surface area contributed by atoms with Crippen LogP contribution in [-0.4, -0.2) is 4.57 Å². The Bertz CT molecular complexity index is 1080. The zero-order chi connectivity index (χ0) is 17.9. The van der Waals surface area contributed by atoms with Crippen LogP contribution in [-0.2, 0) is 6.54 Å². The molecule has 0 N–H and O–H groups in total. The molecule has 0 amide bonds. The molecule has 2 aromatic carbocycles. The lowest BCUT2D eigenvalue weighted by molar-refractivity contribution is 0.573. The highest BCUT2D eigenvalue weighted by molar-refractivity contribution is 7.07. The highest BCUT2D eigenvalue weighted by Crippen LogP contribution is 2.23. The molecule has 0 fully saturated rings. The minimum atomic E-state index is -0.691. The van der Waals surface area contributed by atoms with Crippen LogP contribution in [0.25, 0.3) is 11.5 Å². The van der Waals surface area contributed by atoms with Gasteiger partial charge in [0, 0.05) is 11.4 Å². The van der Waals surface area contributed by atoms with Crippen LogP contribution < -0.4 is 4.80 Å². The van der Waals surface area contributed by atoms with E-state index in [1.807, 2.05) is 52.4 Å². The van der Waals surface area contributed by atoms with Crippen LogP contribution in [0.2, 0.25) is 0 Å². The van der Waals surface area contributed by atoms with Gasteiger partial charge in [-0.15, -0.1) is 11.3 Å². The summed E-state index contributed by atoms with van der Waals surface area (Å²) in [5, 5.41) is 1.92.